The molecule has 10 heteroatoms. The van der Waals surface area contributed by atoms with Gasteiger partial charge in [0.05, 0.1) is 11.8 Å². The molecule has 140 valence electrons. The first-order chi connectivity index (χ1) is 12.6. The van der Waals surface area contributed by atoms with Crippen molar-refractivity contribution in [2.75, 3.05) is 16.8 Å². The van der Waals surface area contributed by atoms with Gasteiger partial charge in [-0.3, -0.25) is 0 Å². The number of aromatic nitrogens is 2. The number of rotatable bonds is 3. The highest BCUT2D eigenvalue weighted by atomic mass is 19.4. The van der Waals surface area contributed by atoms with Crippen molar-refractivity contribution in [3.63, 3.8) is 0 Å². The maximum atomic E-state index is 13.4. The Labute approximate surface area is 149 Å². The molecule has 0 unspecified atom stereocenters. The molecular weight excluding hydrogens is 369 g/mol. The van der Waals surface area contributed by atoms with Crippen LogP contribution in [-0.2, 0) is 6.18 Å². The highest BCUT2D eigenvalue weighted by molar-refractivity contribution is 5.80. The number of hydrogen-bond donors (Lipinski definition) is 3. The molecule has 1 heterocycles. The lowest BCUT2D eigenvalue weighted by Crippen LogP contribution is -2.05. The Bertz CT molecular complexity index is 986. The first-order valence-electron chi connectivity index (χ1n) is 7.47. The van der Waals surface area contributed by atoms with Gasteiger partial charge >= 0.3 is 6.18 Å². The van der Waals surface area contributed by atoms with Gasteiger partial charge in [-0.15, -0.1) is 0 Å². The van der Waals surface area contributed by atoms with Crippen LogP contribution >= 0.6 is 0 Å². The van der Waals surface area contributed by atoms with E-state index in [1.165, 1.54) is 18.3 Å². The Morgan fingerprint density at radius 2 is 1.56 bits per heavy atom. The maximum absolute atomic E-state index is 13.4. The Morgan fingerprint density at radius 3 is 2.15 bits per heavy atom. The van der Waals surface area contributed by atoms with Gasteiger partial charge in [0.1, 0.15) is 5.69 Å². The van der Waals surface area contributed by atoms with Crippen molar-refractivity contribution in [3.05, 3.63) is 59.8 Å². The van der Waals surface area contributed by atoms with E-state index in [1.807, 2.05) is 0 Å². The lowest BCUT2D eigenvalue weighted by Gasteiger charge is -2.11. The van der Waals surface area contributed by atoms with E-state index in [0.717, 1.165) is 24.3 Å². The summed E-state index contributed by atoms with van der Waals surface area (Å²) in [6.07, 6.45) is -3.20. The smallest absolute Gasteiger partial charge is 0.398 e. The van der Waals surface area contributed by atoms with E-state index >= 15 is 0 Å². The van der Waals surface area contributed by atoms with Crippen molar-refractivity contribution in [1.82, 2.24) is 9.97 Å². The van der Waals surface area contributed by atoms with E-state index in [0.29, 0.717) is 5.69 Å². The SMILES string of the molecule is Nc1cc(F)c(F)cc1-c1ncc(Nc2ccc(C(F)(F)F)cc2)nc1N. The molecule has 0 aliphatic heterocycles. The first kappa shape index (κ1) is 18.4. The first-order valence-corrected chi connectivity index (χ1v) is 7.47. The lowest BCUT2D eigenvalue weighted by atomic mass is 10.1. The van der Waals surface area contributed by atoms with E-state index in [9.17, 15) is 22.0 Å². The normalized spacial score (nSPS) is 11.4. The minimum absolute atomic E-state index is 0.0457. The van der Waals surface area contributed by atoms with E-state index in [4.69, 9.17) is 11.5 Å². The predicted octanol–water partition coefficient (Wildman–Crippen LogP) is 4.35. The highest BCUT2D eigenvalue weighted by Gasteiger charge is 2.29. The van der Waals surface area contributed by atoms with Crippen LogP contribution in [0.3, 0.4) is 0 Å². The molecule has 1 aromatic heterocycles. The second-order valence-electron chi connectivity index (χ2n) is 5.54. The number of hydrogen-bond acceptors (Lipinski definition) is 5. The number of nitrogens with one attached hydrogen (secondary N) is 1. The van der Waals surface area contributed by atoms with E-state index in [1.54, 1.807) is 0 Å². The van der Waals surface area contributed by atoms with Crippen LogP contribution in [0, 0.1) is 11.6 Å². The number of benzene rings is 2. The second kappa shape index (κ2) is 6.71. The maximum Gasteiger partial charge on any atom is 0.416 e. The molecule has 0 saturated heterocycles. The zero-order valence-electron chi connectivity index (χ0n) is 13.5. The van der Waals surface area contributed by atoms with Crippen LogP contribution in [0.2, 0.25) is 0 Å². The van der Waals surface area contributed by atoms with E-state index in [2.05, 4.69) is 15.3 Å². The molecule has 0 saturated carbocycles. The molecule has 0 aliphatic rings. The quantitative estimate of drug-likeness (QED) is 0.464. The molecule has 0 bridgehead atoms. The Morgan fingerprint density at radius 1 is 0.926 bits per heavy atom. The van der Waals surface area contributed by atoms with Crippen LogP contribution < -0.4 is 16.8 Å². The van der Waals surface area contributed by atoms with Crippen LogP contribution in [0.15, 0.2) is 42.6 Å². The molecule has 3 rings (SSSR count). The molecule has 3 aromatic rings. The van der Waals surface area contributed by atoms with Gasteiger partial charge in [-0.05, 0) is 30.3 Å². The van der Waals surface area contributed by atoms with Gasteiger partial charge < -0.3 is 16.8 Å². The zero-order chi connectivity index (χ0) is 19.8. The Kier molecular flexibility index (Phi) is 4.56. The second-order valence-corrected chi connectivity index (χ2v) is 5.54. The number of halogens is 5. The van der Waals surface area contributed by atoms with Gasteiger partial charge in [-0.25, -0.2) is 18.7 Å². The Balaban J connectivity index is 1.86. The summed E-state index contributed by atoms with van der Waals surface area (Å²) in [6, 6.07) is 5.93. The summed E-state index contributed by atoms with van der Waals surface area (Å²) in [7, 11) is 0. The standard InChI is InChI=1S/C17H12F5N5/c18-11-5-10(13(23)6-12(11)19)15-16(24)27-14(7-25-15)26-9-3-1-8(2-4-9)17(20,21)22/h1-7H,23H2,(H3,24,26,27). The van der Waals surface area contributed by atoms with Crippen molar-refractivity contribution >= 4 is 23.0 Å². The van der Waals surface area contributed by atoms with Crippen LogP contribution in [0.5, 0.6) is 0 Å². The van der Waals surface area contributed by atoms with Gasteiger partial charge in [-0.2, -0.15) is 13.2 Å². The average molecular weight is 381 g/mol. The molecule has 5 N–H and O–H groups in total. The summed E-state index contributed by atoms with van der Waals surface area (Å²) in [5.41, 5.74) is 11.1. The van der Waals surface area contributed by atoms with Crippen molar-refractivity contribution in [2.45, 2.75) is 6.18 Å². The van der Waals surface area contributed by atoms with Crippen molar-refractivity contribution < 1.29 is 22.0 Å². The van der Waals surface area contributed by atoms with E-state index in [-0.39, 0.29) is 28.6 Å². The molecule has 0 fully saturated rings. The lowest BCUT2D eigenvalue weighted by molar-refractivity contribution is -0.137. The highest BCUT2D eigenvalue weighted by Crippen LogP contribution is 2.32. The fourth-order valence-electron chi connectivity index (χ4n) is 2.33. The number of nitrogens with zero attached hydrogens (tertiary/aromatic N) is 2. The number of anilines is 4. The molecule has 27 heavy (non-hydrogen) atoms. The summed E-state index contributed by atoms with van der Waals surface area (Å²) in [5, 5.41) is 2.75. The summed E-state index contributed by atoms with van der Waals surface area (Å²) in [6.45, 7) is 0. The van der Waals surface area contributed by atoms with Crippen LogP contribution in [0.4, 0.5) is 45.0 Å². The summed E-state index contributed by atoms with van der Waals surface area (Å²) < 4.78 is 64.3. The van der Waals surface area contributed by atoms with Crippen molar-refractivity contribution in [2.24, 2.45) is 0 Å². The predicted molar refractivity (Wildman–Crippen MR) is 90.9 cm³/mol. The van der Waals surface area contributed by atoms with Crippen molar-refractivity contribution in [3.8, 4) is 11.3 Å². The summed E-state index contributed by atoms with van der Waals surface area (Å²) in [5.74, 6) is -2.20. The van der Waals surface area contributed by atoms with Gasteiger partial charge in [0, 0.05) is 23.0 Å². The van der Waals surface area contributed by atoms with Gasteiger partial charge in [0.15, 0.2) is 23.3 Å². The van der Waals surface area contributed by atoms with Gasteiger partial charge in [-0.1, -0.05) is 0 Å². The van der Waals surface area contributed by atoms with Crippen LogP contribution in [0.1, 0.15) is 5.56 Å². The molecule has 0 radical (unpaired) electrons. The summed E-state index contributed by atoms with van der Waals surface area (Å²) in [4.78, 5) is 8.05. The monoisotopic (exact) mass is 381 g/mol. The average Bonchev–Trinajstić information content (AvgIpc) is 2.58. The third-order valence-electron chi connectivity index (χ3n) is 3.63. The van der Waals surface area contributed by atoms with Gasteiger partial charge in [0.25, 0.3) is 0 Å². The number of nitrogen functional groups attached to an aromatic ring is 2. The molecular formula is C17H12F5N5. The molecule has 2 aromatic carbocycles. The zero-order valence-corrected chi connectivity index (χ0v) is 13.5. The molecule has 0 atom stereocenters. The third-order valence-corrected chi connectivity index (χ3v) is 3.63. The molecule has 0 amide bonds. The Hall–Kier alpha value is -3.43. The number of nitrogens with two attached hydrogens (primary N) is 2. The van der Waals surface area contributed by atoms with E-state index < -0.39 is 23.4 Å². The van der Waals surface area contributed by atoms with Gasteiger partial charge in [0.2, 0.25) is 0 Å². The fourth-order valence-corrected chi connectivity index (χ4v) is 2.33. The third kappa shape index (κ3) is 3.89. The largest absolute Gasteiger partial charge is 0.416 e. The van der Waals surface area contributed by atoms with Crippen LogP contribution in [-0.4, -0.2) is 9.97 Å². The minimum Gasteiger partial charge on any atom is -0.398 e. The molecule has 0 aliphatic carbocycles. The van der Waals surface area contributed by atoms with Crippen molar-refractivity contribution in [1.29, 1.82) is 0 Å². The fraction of sp³-hybridized carbons (Fsp3) is 0.0588. The topological polar surface area (TPSA) is 89.8 Å². The van der Waals surface area contributed by atoms with Crippen LogP contribution in [0.25, 0.3) is 11.3 Å². The molecule has 5 nitrogen and oxygen atoms in total. The minimum atomic E-state index is -4.44. The number of alkyl halides is 3. The summed E-state index contributed by atoms with van der Waals surface area (Å²) >= 11 is 0. The molecule has 0 spiro atoms.